The summed E-state index contributed by atoms with van der Waals surface area (Å²) in [4.78, 5) is 31.9. The van der Waals surface area contributed by atoms with Crippen molar-refractivity contribution in [2.45, 2.75) is 25.9 Å². The van der Waals surface area contributed by atoms with Gasteiger partial charge < -0.3 is 15.1 Å². The summed E-state index contributed by atoms with van der Waals surface area (Å²) in [5.74, 6) is 0.629. The van der Waals surface area contributed by atoms with E-state index in [4.69, 9.17) is 0 Å². The highest BCUT2D eigenvalue weighted by molar-refractivity contribution is 5.94. The normalized spacial score (nSPS) is 16.4. The quantitative estimate of drug-likeness (QED) is 0.867. The molecular weight excluding hydrogens is 332 g/mol. The number of anilines is 1. The molecule has 3 rings (SSSR count). The van der Waals surface area contributed by atoms with Gasteiger partial charge >= 0.3 is 0 Å². The lowest BCUT2D eigenvalue weighted by atomic mass is 10.2. The van der Waals surface area contributed by atoms with E-state index in [0.717, 1.165) is 12.1 Å². The van der Waals surface area contributed by atoms with Gasteiger partial charge in [-0.1, -0.05) is 0 Å². The summed E-state index contributed by atoms with van der Waals surface area (Å²) in [6.45, 7) is 3.26. The molecule has 136 valence electrons. The number of likely N-dealkylation sites (tertiary alicyclic amines) is 1. The van der Waals surface area contributed by atoms with Crippen LogP contribution in [0.15, 0.2) is 36.7 Å². The maximum atomic E-state index is 12.6. The average molecular weight is 354 g/mol. The van der Waals surface area contributed by atoms with Gasteiger partial charge in [0.15, 0.2) is 0 Å². The molecule has 8 heteroatoms. The Morgan fingerprint density at radius 2 is 2.19 bits per heavy atom. The van der Waals surface area contributed by atoms with Crippen LogP contribution >= 0.6 is 0 Å². The number of pyridine rings is 1. The zero-order valence-electron chi connectivity index (χ0n) is 14.9. The maximum absolute atomic E-state index is 12.6. The lowest BCUT2D eigenvalue weighted by Crippen LogP contribution is -2.38. The molecule has 1 fully saturated rings. The molecule has 0 aromatic carbocycles. The van der Waals surface area contributed by atoms with Crippen LogP contribution in [0.25, 0.3) is 0 Å². The Morgan fingerprint density at radius 3 is 2.85 bits per heavy atom. The number of likely N-dealkylation sites (N-methyl/N-ethyl adjacent to an activating group) is 1. The van der Waals surface area contributed by atoms with Crippen LogP contribution in [0, 0.1) is 0 Å². The first-order chi connectivity index (χ1) is 12.5. The molecule has 0 unspecified atom stereocenters. The van der Waals surface area contributed by atoms with Gasteiger partial charge in [-0.2, -0.15) is 10.2 Å². The number of hydrogen-bond donors (Lipinski definition) is 1. The van der Waals surface area contributed by atoms with Crippen molar-refractivity contribution >= 4 is 17.6 Å². The van der Waals surface area contributed by atoms with Crippen molar-refractivity contribution in [1.29, 1.82) is 0 Å². The van der Waals surface area contributed by atoms with E-state index in [2.05, 4.69) is 20.5 Å². The monoisotopic (exact) mass is 354 g/mol. The third kappa shape index (κ3) is 4.14. The molecule has 3 heterocycles. The Kier molecular flexibility index (Phi) is 5.40. The average Bonchev–Trinajstić information content (AvgIpc) is 3.16. The fourth-order valence-corrected chi connectivity index (χ4v) is 2.92. The van der Waals surface area contributed by atoms with E-state index < -0.39 is 0 Å². The molecule has 0 saturated carbocycles. The highest BCUT2D eigenvalue weighted by Crippen LogP contribution is 2.18. The van der Waals surface area contributed by atoms with E-state index in [1.165, 1.54) is 0 Å². The molecule has 0 aliphatic carbocycles. The molecule has 0 radical (unpaired) electrons. The number of amides is 2. The predicted octanol–water partition coefficient (Wildman–Crippen LogP) is 1.18. The molecule has 26 heavy (non-hydrogen) atoms. The summed E-state index contributed by atoms with van der Waals surface area (Å²) in [6.07, 6.45) is 4.00. The van der Waals surface area contributed by atoms with Crippen molar-refractivity contribution in [3.8, 4) is 0 Å². The van der Waals surface area contributed by atoms with E-state index in [0.29, 0.717) is 31.0 Å². The summed E-state index contributed by atoms with van der Waals surface area (Å²) in [5, 5.41) is 11.0. The van der Waals surface area contributed by atoms with E-state index in [1.54, 1.807) is 48.3 Å². The van der Waals surface area contributed by atoms with Crippen LogP contribution in [0.2, 0.25) is 0 Å². The maximum Gasteiger partial charge on any atom is 0.255 e. The number of aromatic nitrogens is 3. The van der Waals surface area contributed by atoms with Crippen molar-refractivity contribution < 1.29 is 9.59 Å². The number of carbonyl (C=O) groups excluding carboxylic acids is 2. The molecule has 8 nitrogen and oxygen atoms in total. The Labute approximate surface area is 152 Å². The van der Waals surface area contributed by atoms with Crippen LogP contribution in [-0.4, -0.2) is 63.0 Å². The Balaban J connectivity index is 1.56. The largest absolute Gasteiger partial charge is 0.364 e. The SMILES string of the molecule is CC(=O)N(C)[C@H]1CCN(C(=O)c2ccc(NCc3cccnn3)nc2)C1. The Morgan fingerprint density at radius 1 is 1.35 bits per heavy atom. The van der Waals surface area contributed by atoms with Crippen molar-refractivity contribution in [1.82, 2.24) is 25.0 Å². The van der Waals surface area contributed by atoms with E-state index in [9.17, 15) is 9.59 Å². The van der Waals surface area contributed by atoms with Gasteiger partial charge in [0.1, 0.15) is 5.82 Å². The number of carbonyl (C=O) groups is 2. The fraction of sp³-hybridized carbons (Fsp3) is 0.389. The zero-order chi connectivity index (χ0) is 18.5. The van der Waals surface area contributed by atoms with Crippen LogP contribution in [0.4, 0.5) is 5.82 Å². The second kappa shape index (κ2) is 7.90. The first-order valence-electron chi connectivity index (χ1n) is 8.54. The summed E-state index contributed by atoms with van der Waals surface area (Å²) in [5.41, 5.74) is 1.35. The van der Waals surface area contributed by atoms with Crippen LogP contribution in [0.1, 0.15) is 29.4 Å². The van der Waals surface area contributed by atoms with Crippen LogP contribution in [0.3, 0.4) is 0 Å². The molecule has 1 atom stereocenters. The molecule has 0 bridgehead atoms. The number of nitrogens with zero attached hydrogens (tertiary/aromatic N) is 5. The van der Waals surface area contributed by atoms with Gasteiger partial charge in [0.2, 0.25) is 5.91 Å². The summed E-state index contributed by atoms with van der Waals surface area (Å²) < 4.78 is 0. The highest BCUT2D eigenvalue weighted by Gasteiger charge is 2.30. The van der Waals surface area contributed by atoms with E-state index in [-0.39, 0.29) is 17.9 Å². The van der Waals surface area contributed by atoms with E-state index >= 15 is 0 Å². The second-order valence-corrected chi connectivity index (χ2v) is 6.32. The van der Waals surface area contributed by atoms with Crippen LogP contribution in [-0.2, 0) is 11.3 Å². The molecule has 2 aromatic heterocycles. The van der Waals surface area contributed by atoms with Gasteiger partial charge in [-0.3, -0.25) is 9.59 Å². The van der Waals surface area contributed by atoms with Crippen LogP contribution in [0.5, 0.6) is 0 Å². The molecule has 1 aliphatic heterocycles. The van der Waals surface area contributed by atoms with Crippen molar-refractivity contribution in [3.05, 3.63) is 47.9 Å². The third-order valence-corrected chi connectivity index (χ3v) is 4.58. The first-order valence-corrected chi connectivity index (χ1v) is 8.54. The lowest BCUT2D eigenvalue weighted by Gasteiger charge is -2.23. The Hall–Kier alpha value is -3.03. The number of nitrogens with one attached hydrogen (secondary N) is 1. The molecular formula is C18H22N6O2. The van der Waals surface area contributed by atoms with Crippen molar-refractivity contribution in [3.63, 3.8) is 0 Å². The third-order valence-electron chi connectivity index (χ3n) is 4.58. The first kappa shape index (κ1) is 17.8. The number of rotatable bonds is 5. The zero-order valence-corrected chi connectivity index (χ0v) is 14.9. The molecule has 2 aromatic rings. The van der Waals surface area contributed by atoms with Gasteiger partial charge in [0, 0.05) is 39.5 Å². The van der Waals surface area contributed by atoms with Crippen molar-refractivity contribution in [2.75, 3.05) is 25.5 Å². The molecule has 2 amide bonds. The van der Waals surface area contributed by atoms with Gasteiger partial charge in [-0.25, -0.2) is 4.98 Å². The smallest absolute Gasteiger partial charge is 0.255 e. The van der Waals surface area contributed by atoms with Gasteiger partial charge in [0.25, 0.3) is 5.91 Å². The summed E-state index contributed by atoms with van der Waals surface area (Å²) in [7, 11) is 1.78. The molecule has 0 spiro atoms. The molecule has 1 N–H and O–H groups in total. The standard InChI is InChI=1S/C18H22N6O2/c1-13(25)23(2)16-7-9-24(12-16)18(26)14-5-6-17(19-10-14)20-11-15-4-3-8-21-22-15/h3-6,8,10,16H,7,9,11-12H2,1-2H3,(H,19,20)/t16-/m0/s1. The minimum Gasteiger partial charge on any atom is -0.364 e. The van der Waals surface area contributed by atoms with Crippen molar-refractivity contribution in [2.24, 2.45) is 0 Å². The summed E-state index contributed by atoms with van der Waals surface area (Å²) in [6, 6.07) is 7.32. The molecule has 1 aliphatic rings. The highest BCUT2D eigenvalue weighted by atomic mass is 16.2. The van der Waals surface area contributed by atoms with Gasteiger partial charge in [-0.15, -0.1) is 0 Å². The lowest BCUT2D eigenvalue weighted by molar-refractivity contribution is -0.129. The van der Waals surface area contributed by atoms with E-state index in [1.807, 2.05) is 12.1 Å². The molecule has 1 saturated heterocycles. The minimum absolute atomic E-state index is 0.0181. The Bertz CT molecular complexity index is 765. The fourth-order valence-electron chi connectivity index (χ4n) is 2.92. The van der Waals surface area contributed by atoms with Crippen LogP contribution < -0.4 is 5.32 Å². The second-order valence-electron chi connectivity index (χ2n) is 6.32. The van der Waals surface area contributed by atoms with Gasteiger partial charge in [0.05, 0.1) is 23.8 Å². The summed E-state index contributed by atoms with van der Waals surface area (Å²) >= 11 is 0. The topological polar surface area (TPSA) is 91.3 Å². The predicted molar refractivity (Wildman–Crippen MR) is 96.3 cm³/mol. The minimum atomic E-state index is -0.0579. The van der Waals surface area contributed by atoms with Gasteiger partial charge in [-0.05, 0) is 30.7 Å². The number of hydrogen-bond acceptors (Lipinski definition) is 6.